The molecule has 0 aromatic rings. The van der Waals surface area contributed by atoms with Crippen LogP contribution in [0.15, 0.2) is 12.7 Å². The lowest BCUT2D eigenvalue weighted by Crippen LogP contribution is -2.54. The van der Waals surface area contributed by atoms with Crippen molar-refractivity contribution in [2.75, 3.05) is 13.1 Å². The number of carbonyl (C=O) groups excluding carboxylic acids is 1. The summed E-state index contributed by atoms with van der Waals surface area (Å²) >= 11 is 0. The first-order valence-electron chi connectivity index (χ1n) is 4.50. The predicted molar refractivity (Wildman–Crippen MR) is 50.7 cm³/mol. The minimum Gasteiger partial charge on any atom is -0.480 e. The normalized spacial score (nSPS) is 18.0. The second-order valence-corrected chi connectivity index (χ2v) is 3.28. The molecule has 0 bridgehead atoms. The minimum absolute atomic E-state index is 0.0818. The summed E-state index contributed by atoms with van der Waals surface area (Å²) in [6, 6.07) is -0.847. The molecule has 1 atom stereocenters. The standard InChI is InChI=1S/C9H14N2O3/c1-2-3-7(9(13)14)11-8(12)6-4-10-5-6/h2,6-7,10H,1,3-5H2,(H,11,12)(H,13,14). The molecule has 5 heteroatoms. The van der Waals surface area contributed by atoms with E-state index in [1.807, 2.05) is 0 Å². The first-order chi connectivity index (χ1) is 6.65. The van der Waals surface area contributed by atoms with Crippen molar-refractivity contribution in [2.24, 2.45) is 5.92 Å². The van der Waals surface area contributed by atoms with Crippen molar-refractivity contribution in [3.63, 3.8) is 0 Å². The largest absolute Gasteiger partial charge is 0.480 e. The molecule has 0 saturated carbocycles. The van der Waals surface area contributed by atoms with Crippen LogP contribution in [0.1, 0.15) is 6.42 Å². The highest BCUT2D eigenvalue weighted by Crippen LogP contribution is 2.04. The van der Waals surface area contributed by atoms with Crippen molar-refractivity contribution in [3.05, 3.63) is 12.7 Å². The van der Waals surface area contributed by atoms with Crippen molar-refractivity contribution >= 4 is 11.9 Å². The van der Waals surface area contributed by atoms with Crippen molar-refractivity contribution in [2.45, 2.75) is 12.5 Å². The Morgan fingerprint density at radius 2 is 2.29 bits per heavy atom. The van der Waals surface area contributed by atoms with Crippen molar-refractivity contribution in [1.82, 2.24) is 10.6 Å². The maximum Gasteiger partial charge on any atom is 0.326 e. The molecule has 0 aliphatic carbocycles. The second-order valence-electron chi connectivity index (χ2n) is 3.28. The molecule has 1 rings (SSSR count). The monoisotopic (exact) mass is 198 g/mol. The van der Waals surface area contributed by atoms with E-state index in [1.165, 1.54) is 6.08 Å². The zero-order valence-corrected chi connectivity index (χ0v) is 7.82. The van der Waals surface area contributed by atoms with Crippen LogP contribution in [0, 0.1) is 5.92 Å². The summed E-state index contributed by atoms with van der Waals surface area (Å²) in [6.45, 7) is 4.70. The number of amides is 1. The van der Waals surface area contributed by atoms with E-state index in [0.29, 0.717) is 13.1 Å². The highest BCUT2D eigenvalue weighted by Gasteiger charge is 2.28. The Morgan fingerprint density at radius 3 is 2.64 bits per heavy atom. The number of rotatable bonds is 5. The molecule has 78 valence electrons. The van der Waals surface area contributed by atoms with Gasteiger partial charge in [0, 0.05) is 13.1 Å². The topological polar surface area (TPSA) is 78.4 Å². The van der Waals surface area contributed by atoms with E-state index in [0.717, 1.165) is 0 Å². The van der Waals surface area contributed by atoms with Gasteiger partial charge in [-0.3, -0.25) is 4.79 Å². The van der Waals surface area contributed by atoms with E-state index in [4.69, 9.17) is 5.11 Å². The second kappa shape index (κ2) is 4.76. The van der Waals surface area contributed by atoms with Gasteiger partial charge in [0.05, 0.1) is 5.92 Å². The summed E-state index contributed by atoms with van der Waals surface area (Å²) in [5, 5.41) is 14.2. The molecule has 1 amide bonds. The highest BCUT2D eigenvalue weighted by molar-refractivity contribution is 5.85. The van der Waals surface area contributed by atoms with Crippen LogP contribution in [0.2, 0.25) is 0 Å². The number of hydrogen-bond donors (Lipinski definition) is 3. The number of aliphatic carboxylic acids is 1. The van der Waals surface area contributed by atoms with Gasteiger partial charge in [0.15, 0.2) is 0 Å². The third-order valence-corrected chi connectivity index (χ3v) is 2.17. The number of carboxylic acids is 1. The van der Waals surface area contributed by atoms with Gasteiger partial charge >= 0.3 is 5.97 Å². The van der Waals surface area contributed by atoms with Crippen molar-refractivity contribution in [1.29, 1.82) is 0 Å². The molecular weight excluding hydrogens is 184 g/mol. The van der Waals surface area contributed by atoms with Gasteiger partial charge in [-0.15, -0.1) is 6.58 Å². The Balaban J connectivity index is 2.41. The first-order valence-corrected chi connectivity index (χ1v) is 4.50. The Morgan fingerprint density at radius 1 is 1.64 bits per heavy atom. The fraction of sp³-hybridized carbons (Fsp3) is 0.556. The zero-order chi connectivity index (χ0) is 10.6. The molecule has 1 aliphatic rings. The van der Waals surface area contributed by atoms with Gasteiger partial charge in [-0.05, 0) is 6.42 Å². The van der Waals surface area contributed by atoms with Gasteiger partial charge in [0.1, 0.15) is 6.04 Å². The summed E-state index contributed by atoms with van der Waals surface area (Å²) < 4.78 is 0. The van der Waals surface area contributed by atoms with Crippen molar-refractivity contribution < 1.29 is 14.7 Å². The molecule has 0 aromatic carbocycles. The van der Waals surface area contributed by atoms with Crippen LogP contribution in [-0.4, -0.2) is 36.1 Å². The molecule has 0 aromatic heterocycles. The molecular formula is C9H14N2O3. The number of nitrogens with one attached hydrogen (secondary N) is 2. The van der Waals surface area contributed by atoms with Crippen LogP contribution >= 0.6 is 0 Å². The number of carbonyl (C=O) groups is 2. The van der Waals surface area contributed by atoms with Crippen LogP contribution in [0.4, 0.5) is 0 Å². The molecule has 1 aliphatic heterocycles. The molecule has 3 N–H and O–H groups in total. The van der Waals surface area contributed by atoms with E-state index < -0.39 is 12.0 Å². The summed E-state index contributed by atoms with van der Waals surface area (Å²) in [5.74, 6) is -1.30. The van der Waals surface area contributed by atoms with Gasteiger partial charge < -0.3 is 15.7 Å². The van der Waals surface area contributed by atoms with E-state index in [2.05, 4.69) is 17.2 Å². The molecule has 1 heterocycles. The number of carboxylic acid groups (broad SMARTS) is 1. The quantitative estimate of drug-likeness (QED) is 0.513. The fourth-order valence-corrected chi connectivity index (χ4v) is 1.15. The van der Waals surface area contributed by atoms with Crippen LogP contribution in [0.3, 0.4) is 0 Å². The summed E-state index contributed by atoms with van der Waals surface area (Å²) in [6.07, 6.45) is 1.74. The highest BCUT2D eigenvalue weighted by atomic mass is 16.4. The Labute approximate surface area is 82.2 Å². The smallest absolute Gasteiger partial charge is 0.326 e. The van der Waals surface area contributed by atoms with Crippen molar-refractivity contribution in [3.8, 4) is 0 Å². The molecule has 14 heavy (non-hydrogen) atoms. The number of hydrogen-bond acceptors (Lipinski definition) is 3. The summed E-state index contributed by atoms with van der Waals surface area (Å²) in [7, 11) is 0. The summed E-state index contributed by atoms with van der Waals surface area (Å²) in [5.41, 5.74) is 0. The molecule has 1 saturated heterocycles. The van der Waals surface area contributed by atoms with Gasteiger partial charge in [-0.1, -0.05) is 6.08 Å². The van der Waals surface area contributed by atoms with Gasteiger partial charge in [0.25, 0.3) is 0 Å². The van der Waals surface area contributed by atoms with Gasteiger partial charge in [-0.2, -0.15) is 0 Å². The third-order valence-electron chi connectivity index (χ3n) is 2.17. The predicted octanol–water partition coefficient (Wildman–Crippen LogP) is -0.649. The van der Waals surface area contributed by atoms with Crippen LogP contribution in [-0.2, 0) is 9.59 Å². The minimum atomic E-state index is -1.02. The van der Waals surface area contributed by atoms with E-state index in [-0.39, 0.29) is 18.2 Å². The molecule has 5 nitrogen and oxygen atoms in total. The lowest BCUT2D eigenvalue weighted by atomic mass is 10.0. The van der Waals surface area contributed by atoms with E-state index >= 15 is 0 Å². The fourth-order valence-electron chi connectivity index (χ4n) is 1.15. The Bertz CT molecular complexity index is 248. The summed E-state index contributed by atoms with van der Waals surface area (Å²) in [4.78, 5) is 22.0. The Kier molecular flexibility index (Phi) is 3.64. The molecule has 1 fully saturated rings. The van der Waals surface area contributed by atoms with Crippen LogP contribution < -0.4 is 10.6 Å². The average Bonchev–Trinajstić information content (AvgIpc) is 1.99. The average molecular weight is 198 g/mol. The van der Waals surface area contributed by atoms with Crippen LogP contribution in [0.5, 0.6) is 0 Å². The lowest BCUT2D eigenvalue weighted by molar-refractivity contribution is -0.142. The van der Waals surface area contributed by atoms with E-state index in [1.54, 1.807) is 0 Å². The van der Waals surface area contributed by atoms with Gasteiger partial charge in [-0.25, -0.2) is 4.79 Å². The lowest BCUT2D eigenvalue weighted by Gasteiger charge is -2.27. The molecule has 0 spiro atoms. The maximum absolute atomic E-state index is 11.4. The Hall–Kier alpha value is -1.36. The van der Waals surface area contributed by atoms with Gasteiger partial charge in [0.2, 0.25) is 5.91 Å². The molecule has 0 radical (unpaired) electrons. The first kappa shape index (κ1) is 10.7. The third kappa shape index (κ3) is 2.56. The molecule has 1 unspecified atom stereocenters. The zero-order valence-electron chi connectivity index (χ0n) is 7.82. The van der Waals surface area contributed by atoms with Crippen LogP contribution in [0.25, 0.3) is 0 Å². The SMILES string of the molecule is C=CCC(NC(=O)C1CNC1)C(=O)O. The van der Waals surface area contributed by atoms with E-state index in [9.17, 15) is 9.59 Å². The maximum atomic E-state index is 11.4.